The zero-order chi connectivity index (χ0) is 19.2. The standard InChI is InChI=1S/C22H29N3OS/c1-13-4-21(24-14(2)19(13)11-23)27-12-20(26)25-15(3)22-8-16-5-17(9-22)7-18(6-16)10-22/h4,15-18H,5-10,12H2,1-3H3,(H,25,26). The Balaban J connectivity index is 1.35. The van der Waals surface area contributed by atoms with Crippen LogP contribution >= 0.6 is 11.8 Å². The van der Waals surface area contributed by atoms with Crippen molar-refractivity contribution in [2.75, 3.05) is 5.75 Å². The highest BCUT2D eigenvalue weighted by molar-refractivity contribution is 7.99. The Hall–Kier alpha value is -1.54. The van der Waals surface area contributed by atoms with Crippen molar-refractivity contribution in [3.63, 3.8) is 0 Å². The smallest absolute Gasteiger partial charge is 0.230 e. The minimum atomic E-state index is 0.102. The van der Waals surface area contributed by atoms with Crippen molar-refractivity contribution in [1.82, 2.24) is 10.3 Å². The lowest BCUT2D eigenvalue weighted by atomic mass is 9.48. The predicted molar refractivity (Wildman–Crippen MR) is 107 cm³/mol. The first-order chi connectivity index (χ1) is 12.9. The number of aryl methyl sites for hydroxylation is 2. The molecule has 1 amide bonds. The van der Waals surface area contributed by atoms with Gasteiger partial charge >= 0.3 is 0 Å². The molecule has 1 N–H and O–H groups in total. The van der Waals surface area contributed by atoms with E-state index in [1.807, 2.05) is 19.9 Å². The zero-order valence-electron chi connectivity index (χ0n) is 16.5. The lowest BCUT2D eigenvalue weighted by Gasteiger charge is -2.59. The van der Waals surface area contributed by atoms with Crippen LogP contribution in [0.15, 0.2) is 11.1 Å². The van der Waals surface area contributed by atoms with Gasteiger partial charge in [-0.2, -0.15) is 5.26 Å². The molecule has 1 aromatic rings. The summed E-state index contributed by atoms with van der Waals surface area (Å²) in [5, 5.41) is 13.3. The van der Waals surface area contributed by atoms with Crippen molar-refractivity contribution in [3.8, 4) is 6.07 Å². The molecule has 0 aromatic carbocycles. The molecule has 4 aliphatic carbocycles. The molecule has 1 atom stereocenters. The first-order valence-corrected chi connectivity index (χ1v) is 11.2. The topological polar surface area (TPSA) is 65.8 Å². The number of nitriles is 1. The number of carbonyl (C=O) groups excluding carboxylic acids is 1. The zero-order valence-corrected chi connectivity index (χ0v) is 17.4. The van der Waals surface area contributed by atoms with Crippen LogP contribution in [-0.2, 0) is 4.79 Å². The second-order valence-corrected chi connectivity index (χ2v) is 10.2. The molecule has 1 aromatic heterocycles. The van der Waals surface area contributed by atoms with E-state index < -0.39 is 0 Å². The molecule has 4 saturated carbocycles. The van der Waals surface area contributed by atoms with Gasteiger partial charge in [-0.05, 0) is 94.1 Å². The second-order valence-electron chi connectivity index (χ2n) is 9.21. The molecule has 5 heteroatoms. The minimum Gasteiger partial charge on any atom is -0.352 e. The number of rotatable bonds is 5. The second kappa shape index (κ2) is 7.13. The molecule has 0 spiro atoms. The van der Waals surface area contributed by atoms with E-state index in [1.54, 1.807) is 0 Å². The van der Waals surface area contributed by atoms with Gasteiger partial charge < -0.3 is 5.32 Å². The molecule has 4 bridgehead atoms. The fraction of sp³-hybridized carbons (Fsp3) is 0.682. The van der Waals surface area contributed by atoms with Crippen molar-refractivity contribution in [1.29, 1.82) is 5.26 Å². The summed E-state index contributed by atoms with van der Waals surface area (Å²) in [5.41, 5.74) is 2.64. The molecule has 0 saturated heterocycles. The number of nitrogens with one attached hydrogen (secondary N) is 1. The normalized spacial score (nSPS) is 32.1. The van der Waals surface area contributed by atoms with Gasteiger partial charge in [0.1, 0.15) is 6.07 Å². The number of pyridine rings is 1. The van der Waals surface area contributed by atoms with Crippen LogP contribution in [-0.4, -0.2) is 22.7 Å². The Morgan fingerprint density at radius 3 is 2.41 bits per heavy atom. The quantitative estimate of drug-likeness (QED) is 0.766. The summed E-state index contributed by atoms with van der Waals surface area (Å²) in [6.07, 6.45) is 8.21. The molecule has 144 valence electrons. The van der Waals surface area contributed by atoms with Gasteiger partial charge in [-0.1, -0.05) is 11.8 Å². The van der Waals surface area contributed by atoms with E-state index in [4.69, 9.17) is 5.26 Å². The maximum atomic E-state index is 12.6. The van der Waals surface area contributed by atoms with E-state index in [1.165, 1.54) is 50.3 Å². The van der Waals surface area contributed by atoms with Crippen LogP contribution in [0.1, 0.15) is 62.3 Å². The highest BCUT2D eigenvalue weighted by Gasteiger charge is 2.53. The number of amides is 1. The molecule has 1 unspecified atom stereocenters. The molecule has 5 rings (SSSR count). The molecule has 0 radical (unpaired) electrons. The number of thioether (sulfide) groups is 1. The molecular formula is C22H29N3OS. The van der Waals surface area contributed by atoms with E-state index >= 15 is 0 Å². The largest absolute Gasteiger partial charge is 0.352 e. The molecule has 4 fully saturated rings. The molecule has 4 nitrogen and oxygen atoms in total. The van der Waals surface area contributed by atoms with Crippen LogP contribution in [0.2, 0.25) is 0 Å². The molecule has 1 heterocycles. The summed E-state index contributed by atoms with van der Waals surface area (Å²) in [5.74, 6) is 3.19. The van der Waals surface area contributed by atoms with Crippen molar-refractivity contribution in [3.05, 3.63) is 22.9 Å². The molecule has 27 heavy (non-hydrogen) atoms. The van der Waals surface area contributed by atoms with Gasteiger partial charge in [-0.25, -0.2) is 4.98 Å². The van der Waals surface area contributed by atoms with Crippen molar-refractivity contribution in [2.45, 2.75) is 70.4 Å². The highest BCUT2D eigenvalue weighted by atomic mass is 32.2. The van der Waals surface area contributed by atoms with Crippen molar-refractivity contribution in [2.24, 2.45) is 23.2 Å². The number of aromatic nitrogens is 1. The molecule has 0 aliphatic heterocycles. The first-order valence-electron chi connectivity index (χ1n) is 10.2. The van der Waals surface area contributed by atoms with Gasteiger partial charge in [0.25, 0.3) is 0 Å². The van der Waals surface area contributed by atoms with Crippen LogP contribution in [0, 0.1) is 48.3 Å². The number of nitrogens with zero attached hydrogens (tertiary/aromatic N) is 2. The van der Waals surface area contributed by atoms with E-state index in [0.717, 1.165) is 34.0 Å². The van der Waals surface area contributed by atoms with E-state index in [0.29, 0.717) is 16.7 Å². The van der Waals surface area contributed by atoms with E-state index in [-0.39, 0.29) is 11.9 Å². The fourth-order valence-electron chi connectivity index (χ4n) is 6.32. The van der Waals surface area contributed by atoms with Gasteiger partial charge in [0.2, 0.25) is 5.91 Å². The van der Waals surface area contributed by atoms with Gasteiger partial charge in [0.05, 0.1) is 22.0 Å². The van der Waals surface area contributed by atoms with Gasteiger partial charge in [-0.15, -0.1) is 0 Å². The third-order valence-corrected chi connectivity index (χ3v) is 8.13. The third kappa shape index (κ3) is 3.61. The van der Waals surface area contributed by atoms with Crippen molar-refractivity contribution < 1.29 is 4.79 Å². The number of carbonyl (C=O) groups is 1. The Bertz CT molecular complexity index is 739. The summed E-state index contributed by atoms with van der Waals surface area (Å²) in [6.45, 7) is 6.00. The Morgan fingerprint density at radius 1 is 1.30 bits per heavy atom. The monoisotopic (exact) mass is 383 g/mol. The minimum absolute atomic E-state index is 0.102. The Kier molecular flexibility index (Phi) is 4.96. The summed E-state index contributed by atoms with van der Waals surface area (Å²) >= 11 is 1.46. The lowest BCUT2D eigenvalue weighted by Crippen LogP contribution is -2.56. The van der Waals surface area contributed by atoms with Crippen molar-refractivity contribution >= 4 is 17.7 Å². The highest BCUT2D eigenvalue weighted by Crippen LogP contribution is 2.61. The predicted octanol–water partition coefficient (Wildman–Crippen LogP) is 4.38. The number of hydrogen-bond donors (Lipinski definition) is 1. The van der Waals surface area contributed by atoms with Crippen LogP contribution in [0.3, 0.4) is 0 Å². The van der Waals surface area contributed by atoms with Crippen LogP contribution in [0.5, 0.6) is 0 Å². The van der Waals surface area contributed by atoms with E-state index in [9.17, 15) is 4.79 Å². The fourth-order valence-corrected chi connectivity index (χ4v) is 7.15. The summed E-state index contributed by atoms with van der Waals surface area (Å²) in [6, 6.07) is 4.36. The SMILES string of the molecule is Cc1cc(SCC(=O)NC(C)C23CC4CC(CC(C4)C2)C3)nc(C)c1C#N. The summed E-state index contributed by atoms with van der Waals surface area (Å²) in [4.78, 5) is 17.1. The Morgan fingerprint density at radius 2 is 1.89 bits per heavy atom. The maximum absolute atomic E-state index is 12.6. The molecular weight excluding hydrogens is 354 g/mol. The summed E-state index contributed by atoms with van der Waals surface area (Å²) in [7, 11) is 0. The van der Waals surface area contributed by atoms with Gasteiger partial charge in [0.15, 0.2) is 0 Å². The van der Waals surface area contributed by atoms with Crippen LogP contribution in [0.4, 0.5) is 0 Å². The van der Waals surface area contributed by atoms with Crippen LogP contribution < -0.4 is 5.32 Å². The van der Waals surface area contributed by atoms with Gasteiger partial charge in [-0.3, -0.25) is 4.79 Å². The third-order valence-electron chi connectivity index (χ3n) is 7.22. The average Bonchev–Trinajstić information content (AvgIpc) is 2.58. The Labute approximate surface area is 166 Å². The average molecular weight is 384 g/mol. The molecule has 4 aliphatic rings. The lowest BCUT2D eigenvalue weighted by molar-refractivity contribution is -0.123. The summed E-state index contributed by atoms with van der Waals surface area (Å²) < 4.78 is 0. The van der Waals surface area contributed by atoms with Gasteiger partial charge in [0, 0.05) is 6.04 Å². The van der Waals surface area contributed by atoms with E-state index in [2.05, 4.69) is 23.3 Å². The number of hydrogen-bond acceptors (Lipinski definition) is 4. The van der Waals surface area contributed by atoms with Crippen LogP contribution in [0.25, 0.3) is 0 Å². The maximum Gasteiger partial charge on any atom is 0.230 e. The first kappa shape index (κ1) is 18.8.